The second-order valence-electron chi connectivity index (χ2n) is 7.16. The number of halogens is 1. The number of hydrogen-bond acceptors (Lipinski definition) is 4. The van der Waals surface area contributed by atoms with Crippen LogP contribution in [-0.2, 0) is 19.6 Å². The number of amides is 1. The zero-order valence-electron chi connectivity index (χ0n) is 15.1. The molecule has 0 bridgehead atoms. The lowest BCUT2D eigenvalue weighted by Gasteiger charge is -2.39. The van der Waals surface area contributed by atoms with Crippen LogP contribution >= 0.6 is 0 Å². The fourth-order valence-corrected chi connectivity index (χ4v) is 5.26. The molecular formula is C18H25FN2O4S. The second-order valence-corrected chi connectivity index (χ2v) is 9.09. The normalized spacial score (nSPS) is 28.1. The van der Waals surface area contributed by atoms with Gasteiger partial charge in [-0.3, -0.25) is 4.79 Å². The number of rotatable bonds is 3. The molecule has 0 radical (unpaired) electrons. The first kappa shape index (κ1) is 19.3. The summed E-state index contributed by atoms with van der Waals surface area (Å²) in [4.78, 5) is 14.7. The maximum atomic E-state index is 13.1. The van der Waals surface area contributed by atoms with Crippen LogP contribution in [0.1, 0.15) is 26.7 Å². The van der Waals surface area contributed by atoms with E-state index in [1.165, 1.54) is 16.4 Å². The van der Waals surface area contributed by atoms with Crippen LogP contribution in [0.15, 0.2) is 29.2 Å². The molecule has 0 N–H and O–H groups in total. The highest BCUT2D eigenvalue weighted by atomic mass is 32.2. The third kappa shape index (κ3) is 4.07. The van der Waals surface area contributed by atoms with Crippen molar-refractivity contribution in [1.82, 2.24) is 9.21 Å². The van der Waals surface area contributed by atoms with E-state index in [0.29, 0.717) is 32.5 Å². The van der Waals surface area contributed by atoms with Gasteiger partial charge in [0.25, 0.3) is 0 Å². The summed E-state index contributed by atoms with van der Waals surface area (Å²) in [5, 5.41) is 0. The van der Waals surface area contributed by atoms with Gasteiger partial charge < -0.3 is 9.64 Å². The molecule has 2 aliphatic heterocycles. The summed E-state index contributed by atoms with van der Waals surface area (Å²) in [6.07, 6.45) is 1.26. The van der Waals surface area contributed by atoms with Crippen molar-refractivity contribution in [2.24, 2.45) is 5.92 Å². The molecule has 2 saturated heterocycles. The Labute approximate surface area is 154 Å². The number of carbonyl (C=O) groups excluding carboxylic acids is 1. The van der Waals surface area contributed by atoms with Crippen molar-refractivity contribution < 1.29 is 22.3 Å². The Kier molecular flexibility index (Phi) is 5.64. The molecule has 2 heterocycles. The number of piperidine rings is 1. The van der Waals surface area contributed by atoms with Gasteiger partial charge in [0.15, 0.2) is 0 Å². The predicted molar refractivity (Wildman–Crippen MR) is 94.5 cm³/mol. The van der Waals surface area contributed by atoms with Crippen molar-refractivity contribution in [2.45, 2.75) is 43.8 Å². The van der Waals surface area contributed by atoms with Crippen LogP contribution in [-0.4, -0.2) is 61.9 Å². The van der Waals surface area contributed by atoms with Gasteiger partial charge in [-0.25, -0.2) is 12.8 Å². The van der Waals surface area contributed by atoms with Crippen LogP contribution in [0, 0.1) is 11.7 Å². The van der Waals surface area contributed by atoms with Crippen LogP contribution in [0.4, 0.5) is 4.39 Å². The lowest BCUT2D eigenvalue weighted by molar-refractivity contribution is -0.148. The number of carbonyl (C=O) groups is 1. The molecule has 3 rings (SSSR count). The molecule has 0 aromatic heterocycles. The smallest absolute Gasteiger partial charge is 0.243 e. The summed E-state index contributed by atoms with van der Waals surface area (Å²) in [5.74, 6) is -0.839. The van der Waals surface area contributed by atoms with E-state index in [1.54, 1.807) is 4.90 Å². The molecule has 26 heavy (non-hydrogen) atoms. The monoisotopic (exact) mass is 384 g/mol. The molecule has 0 spiro atoms. The van der Waals surface area contributed by atoms with E-state index >= 15 is 0 Å². The van der Waals surface area contributed by atoms with Crippen molar-refractivity contribution in [2.75, 3.05) is 26.2 Å². The Morgan fingerprint density at radius 3 is 2.35 bits per heavy atom. The molecule has 6 nitrogen and oxygen atoms in total. The SMILES string of the molecule is CC1CN(C(=O)C2CCCN(S(=O)(=O)c3ccc(F)cc3)C2)CC(C)O1. The number of ether oxygens (including phenoxy) is 1. The summed E-state index contributed by atoms with van der Waals surface area (Å²) in [7, 11) is -3.73. The molecule has 1 aromatic carbocycles. The van der Waals surface area contributed by atoms with E-state index in [9.17, 15) is 17.6 Å². The maximum absolute atomic E-state index is 13.1. The van der Waals surface area contributed by atoms with Gasteiger partial charge in [-0.2, -0.15) is 4.31 Å². The summed E-state index contributed by atoms with van der Waals surface area (Å²) in [6, 6.07) is 4.80. The molecule has 1 aromatic rings. The van der Waals surface area contributed by atoms with Crippen molar-refractivity contribution in [3.63, 3.8) is 0 Å². The van der Waals surface area contributed by atoms with E-state index in [1.807, 2.05) is 13.8 Å². The molecule has 1 amide bonds. The lowest BCUT2D eigenvalue weighted by atomic mass is 9.97. The molecule has 3 atom stereocenters. The van der Waals surface area contributed by atoms with Gasteiger partial charge in [0.05, 0.1) is 23.0 Å². The first-order valence-electron chi connectivity index (χ1n) is 8.97. The van der Waals surface area contributed by atoms with Crippen LogP contribution in [0.25, 0.3) is 0 Å². The van der Waals surface area contributed by atoms with Gasteiger partial charge in [-0.15, -0.1) is 0 Å². The fourth-order valence-electron chi connectivity index (χ4n) is 3.73. The minimum atomic E-state index is -3.73. The minimum absolute atomic E-state index is 0.00833. The number of morpholine rings is 1. The van der Waals surface area contributed by atoms with Crippen LogP contribution in [0.5, 0.6) is 0 Å². The van der Waals surface area contributed by atoms with E-state index in [2.05, 4.69) is 0 Å². The molecule has 0 aliphatic carbocycles. The fraction of sp³-hybridized carbons (Fsp3) is 0.611. The van der Waals surface area contributed by atoms with Crippen LogP contribution in [0.3, 0.4) is 0 Å². The number of hydrogen-bond donors (Lipinski definition) is 0. The van der Waals surface area contributed by atoms with Crippen LogP contribution < -0.4 is 0 Å². The highest BCUT2D eigenvalue weighted by molar-refractivity contribution is 7.89. The Bertz CT molecular complexity index is 743. The molecule has 2 fully saturated rings. The Morgan fingerprint density at radius 2 is 1.73 bits per heavy atom. The number of nitrogens with zero attached hydrogens (tertiary/aromatic N) is 2. The number of sulfonamides is 1. The maximum Gasteiger partial charge on any atom is 0.243 e. The second kappa shape index (κ2) is 7.62. The van der Waals surface area contributed by atoms with Gasteiger partial charge in [-0.1, -0.05) is 0 Å². The minimum Gasteiger partial charge on any atom is -0.372 e. The molecule has 8 heteroatoms. The average molecular weight is 384 g/mol. The first-order chi connectivity index (χ1) is 12.3. The first-order valence-corrected chi connectivity index (χ1v) is 10.4. The summed E-state index contributed by atoms with van der Waals surface area (Å²) >= 11 is 0. The zero-order chi connectivity index (χ0) is 18.9. The number of benzene rings is 1. The molecule has 3 unspecified atom stereocenters. The standard InChI is InChI=1S/C18H25FN2O4S/c1-13-10-20(11-14(2)25-13)18(22)15-4-3-9-21(12-15)26(23,24)17-7-5-16(19)6-8-17/h5-8,13-15H,3-4,9-12H2,1-2H3. The molecule has 144 valence electrons. The molecule has 0 saturated carbocycles. The lowest BCUT2D eigenvalue weighted by Crippen LogP contribution is -2.53. The predicted octanol–water partition coefficient (Wildman–Crippen LogP) is 1.86. The Balaban J connectivity index is 1.72. The van der Waals surface area contributed by atoms with Crippen molar-refractivity contribution >= 4 is 15.9 Å². The molecular weight excluding hydrogens is 359 g/mol. The highest BCUT2D eigenvalue weighted by Crippen LogP contribution is 2.26. The Hall–Kier alpha value is -1.51. The zero-order valence-corrected chi connectivity index (χ0v) is 15.9. The largest absolute Gasteiger partial charge is 0.372 e. The third-order valence-corrected chi connectivity index (χ3v) is 6.80. The van der Waals surface area contributed by atoms with Gasteiger partial charge in [0.1, 0.15) is 5.82 Å². The average Bonchev–Trinajstić information content (AvgIpc) is 2.61. The van der Waals surface area contributed by atoms with Crippen LogP contribution in [0.2, 0.25) is 0 Å². The summed E-state index contributed by atoms with van der Waals surface area (Å²) in [5.41, 5.74) is 0. The highest BCUT2D eigenvalue weighted by Gasteiger charge is 2.36. The summed E-state index contributed by atoms with van der Waals surface area (Å²) in [6.45, 7) is 5.47. The van der Waals surface area contributed by atoms with Crippen molar-refractivity contribution in [3.8, 4) is 0 Å². The Morgan fingerprint density at radius 1 is 1.12 bits per heavy atom. The van der Waals surface area contributed by atoms with Crippen molar-refractivity contribution in [3.05, 3.63) is 30.1 Å². The van der Waals surface area contributed by atoms with E-state index in [0.717, 1.165) is 12.1 Å². The van der Waals surface area contributed by atoms with Crippen molar-refractivity contribution in [1.29, 1.82) is 0 Å². The van der Waals surface area contributed by atoms with Gasteiger partial charge in [0.2, 0.25) is 15.9 Å². The van der Waals surface area contributed by atoms with Gasteiger partial charge >= 0.3 is 0 Å². The van der Waals surface area contributed by atoms with E-state index in [-0.39, 0.29) is 35.5 Å². The van der Waals surface area contributed by atoms with E-state index < -0.39 is 15.8 Å². The summed E-state index contributed by atoms with van der Waals surface area (Å²) < 4.78 is 45.7. The quantitative estimate of drug-likeness (QED) is 0.798. The topological polar surface area (TPSA) is 66.9 Å². The molecule has 2 aliphatic rings. The van der Waals surface area contributed by atoms with E-state index in [4.69, 9.17) is 4.74 Å². The third-order valence-electron chi connectivity index (χ3n) is 4.92. The van der Waals surface area contributed by atoms with Gasteiger partial charge in [0, 0.05) is 26.2 Å². The van der Waals surface area contributed by atoms with Gasteiger partial charge in [-0.05, 0) is 51.0 Å².